The van der Waals surface area contributed by atoms with Crippen molar-refractivity contribution in [1.29, 1.82) is 0 Å². The molecule has 0 unspecified atom stereocenters. The van der Waals surface area contributed by atoms with E-state index in [9.17, 15) is 0 Å². The van der Waals surface area contributed by atoms with Gasteiger partial charge in [-0.1, -0.05) is 6.92 Å². The molecule has 2 rings (SSSR count). The molecule has 0 bridgehead atoms. The van der Waals surface area contributed by atoms with Gasteiger partial charge in [0, 0.05) is 12.7 Å². The second kappa shape index (κ2) is 4.91. The fourth-order valence-corrected chi connectivity index (χ4v) is 1.60. The van der Waals surface area contributed by atoms with E-state index in [0.29, 0.717) is 6.61 Å². The zero-order chi connectivity index (χ0) is 12.3. The lowest BCUT2D eigenvalue weighted by Gasteiger charge is -2.06. The summed E-state index contributed by atoms with van der Waals surface area (Å²) in [6.07, 6.45) is 0.940. The Morgan fingerprint density at radius 2 is 2.00 bits per heavy atom. The largest absolute Gasteiger partial charge is 0.487 e. The minimum atomic E-state index is 0.521. The van der Waals surface area contributed by atoms with Gasteiger partial charge in [-0.15, -0.1) is 0 Å². The van der Waals surface area contributed by atoms with E-state index >= 15 is 0 Å². The second-order valence-corrected chi connectivity index (χ2v) is 3.96. The molecule has 90 valence electrons. The van der Waals surface area contributed by atoms with Crippen molar-refractivity contribution in [3.63, 3.8) is 0 Å². The fourth-order valence-electron chi connectivity index (χ4n) is 1.60. The quantitative estimate of drug-likeness (QED) is 0.820. The predicted octanol–water partition coefficient (Wildman–Crippen LogP) is 2.14. The lowest BCUT2D eigenvalue weighted by molar-refractivity contribution is 0.295. The van der Waals surface area contributed by atoms with Gasteiger partial charge >= 0.3 is 0 Å². The molecule has 1 aromatic carbocycles. The Morgan fingerprint density at radius 3 is 2.59 bits per heavy atom. The first-order valence-electron chi connectivity index (χ1n) is 5.69. The number of aromatic nitrogens is 2. The smallest absolute Gasteiger partial charge is 0.130 e. The molecule has 0 spiro atoms. The number of ether oxygens (including phenoxy) is 1. The number of hydrogen-bond donors (Lipinski definition) is 1. The third-order valence-electron chi connectivity index (χ3n) is 2.66. The first kappa shape index (κ1) is 11.5. The van der Waals surface area contributed by atoms with Gasteiger partial charge in [-0.25, -0.2) is 0 Å². The molecule has 1 heterocycles. The van der Waals surface area contributed by atoms with Crippen molar-refractivity contribution >= 4 is 5.69 Å². The summed E-state index contributed by atoms with van der Waals surface area (Å²) in [4.78, 5) is 0. The predicted molar refractivity (Wildman–Crippen MR) is 67.8 cm³/mol. The highest BCUT2D eigenvalue weighted by Gasteiger charge is 2.04. The third-order valence-corrected chi connectivity index (χ3v) is 2.66. The van der Waals surface area contributed by atoms with Crippen molar-refractivity contribution < 1.29 is 4.74 Å². The Morgan fingerprint density at radius 1 is 1.29 bits per heavy atom. The zero-order valence-corrected chi connectivity index (χ0v) is 10.2. The number of hydrogen-bond acceptors (Lipinski definition) is 3. The second-order valence-electron chi connectivity index (χ2n) is 3.96. The van der Waals surface area contributed by atoms with Crippen LogP contribution in [0.2, 0.25) is 0 Å². The van der Waals surface area contributed by atoms with E-state index in [1.54, 1.807) is 0 Å². The molecule has 2 N–H and O–H groups in total. The summed E-state index contributed by atoms with van der Waals surface area (Å²) in [5.74, 6) is 0.818. The van der Waals surface area contributed by atoms with Crippen LogP contribution in [0.25, 0.3) is 0 Å². The van der Waals surface area contributed by atoms with E-state index in [1.165, 1.54) is 0 Å². The van der Waals surface area contributed by atoms with Gasteiger partial charge in [0.25, 0.3) is 0 Å². The molecule has 4 heteroatoms. The van der Waals surface area contributed by atoms with Crippen LogP contribution in [-0.2, 0) is 20.1 Å². The molecule has 0 atom stereocenters. The first-order chi connectivity index (χ1) is 8.19. The van der Waals surface area contributed by atoms with Gasteiger partial charge in [0.15, 0.2) is 0 Å². The van der Waals surface area contributed by atoms with Gasteiger partial charge in [-0.2, -0.15) is 5.10 Å². The highest BCUT2D eigenvalue weighted by molar-refractivity contribution is 5.41. The number of nitrogens with two attached hydrogens (primary N) is 1. The first-order valence-corrected chi connectivity index (χ1v) is 5.69. The van der Waals surface area contributed by atoms with Crippen molar-refractivity contribution in [2.45, 2.75) is 20.0 Å². The molecule has 4 nitrogen and oxygen atoms in total. The molecular weight excluding hydrogens is 214 g/mol. The molecule has 0 saturated carbocycles. The number of rotatable bonds is 4. The Bertz CT molecular complexity index is 488. The van der Waals surface area contributed by atoms with Crippen LogP contribution >= 0.6 is 0 Å². The van der Waals surface area contributed by atoms with Gasteiger partial charge in [-0.3, -0.25) is 4.68 Å². The lowest BCUT2D eigenvalue weighted by atomic mass is 10.3. The lowest BCUT2D eigenvalue weighted by Crippen LogP contribution is -2.03. The normalized spacial score (nSPS) is 10.5. The molecule has 2 aromatic rings. The third kappa shape index (κ3) is 2.78. The standard InChI is InChI=1S/C13H17N3O/c1-3-11-8-12(16(2)15-11)9-17-13-6-4-10(14)5-7-13/h4-8H,3,9,14H2,1-2H3. The van der Waals surface area contributed by atoms with Crippen LogP contribution in [-0.4, -0.2) is 9.78 Å². The summed E-state index contributed by atoms with van der Waals surface area (Å²) >= 11 is 0. The summed E-state index contributed by atoms with van der Waals surface area (Å²) < 4.78 is 7.53. The van der Waals surface area contributed by atoms with Crippen LogP contribution < -0.4 is 10.5 Å². The summed E-state index contributed by atoms with van der Waals surface area (Å²) in [6, 6.07) is 9.46. The highest BCUT2D eigenvalue weighted by atomic mass is 16.5. The molecule has 0 fully saturated rings. The molecule has 0 amide bonds. The number of anilines is 1. The number of nitrogen functional groups attached to an aromatic ring is 1. The van der Waals surface area contributed by atoms with Gasteiger partial charge in [0.2, 0.25) is 0 Å². The molecule has 0 aliphatic carbocycles. The topological polar surface area (TPSA) is 53.1 Å². The van der Waals surface area contributed by atoms with Gasteiger partial charge in [-0.05, 0) is 36.8 Å². The Balaban J connectivity index is 2.01. The molecule has 0 aliphatic rings. The average Bonchev–Trinajstić information content (AvgIpc) is 2.69. The van der Waals surface area contributed by atoms with Crippen molar-refractivity contribution in [2.24, 2.45) is 7.05 Å². The highest BCUT2D eigenvalue weighted by Crippen LogP contribution is 2.15. The molecule has 1 aromatic heterocycles. The van der Waals surface area contributed by atoms with Gasteiger partial charge < -0.3 is 10.5 Å². The molecular formula is C13H17N3O. The van der Waals surface area contributed by atoms with E-state index < -0.39 is 0 Å². The van der Waals surface area contributed by atoms with Crippen molar-refractivity contribution in [2.75, 3.05) is 5.73 Å². The Hall–Kier alpha value is -1.97. The summed E-state index contributed by atoms with van der Waals surface area (Å²) in [7, 11) is 1.93. The number of nitrogens with zero attached hydrogens (tertiary/aromatic N) is 2. The summed E-state index contributed by atoms with van der Waals surface area (Å²) in [5.41, 5.74) is 8.51. The van der Waals surface area contributed by atoms with E-state index in [4.69, 9.17) is 10.5 Å². The van der Waals surface area contributed by atoms with Crippen molar-refractivity contribution in [1.82, 2.24) is 9.78 Å². The average molecular weight is 231 g/mol. The van der Waals surface area contributed by atoms with Crippen molar-refractivity contribution in [3.05, 3.63) is 41.7 Å². The van der Waals surface area contributed by atoms with Crippen LogP contribution in [0.5, 0.6) is 5.75 Å². The van der Waals surface area contributed by atoms with Crippen LogP contribution in [0.3, 0.4) is 0 Å². The Kier molecular flexibility index (Phi) is 3.32. The van der Waals surface area contributed by atoms with Gasteiger partial charge in [0.05, 0.1) is 11.4 Å². The van der Waals surface area contributed by atoms with Gasteiger partial charge in [0.1, 0.15) is 12.4 Å². The van der Waals surface area contributed by atoms with Crippen LogP contribution in [0.1, 0.15) is 18.3 Å². The van der Waals surface area contributed by atoms with E-state index in [1.807, 2.05) is 36.0 Å². The van der Waals surface area contributed by atoms with Crippen molar-refractivity contribution in [3.8, 4) is 5.75 Å². The zero-order valence-electron chi connectivity index (χ0n) is 10.2. The monoisotopic (exact) mass is 231 g/mol. The van der Waals surface area contributed by atoms with E-state index in [-0.39, 0.29) is 0 Å². The maximum Gasteiger partial charge on any atom is 0.130 e. The maximum atomic E-state index is 5.67. The van der Waals surface area contributed by atoms with Crippen LogP contribution in [0.4, 0.5) is 5.69 Å². The SMILES string of the molecule is CCc1cc(COc2ccc(N)cc2)n(C)n1. The molecule has 0 radical (unpaired) electrons. The van der Waals surface area contributed by atoms with Crippen LogP contribution in [0.15, 0.2) is 30.3 Å². The Labute approximate surface area is 101 Å². The minimum Gasteiger partial charge on any atom is -0.487 e. The minimum absolute atomic E-state index is 0.521. The van der Waals surface area contributed by atoms with Crippen LogP contribution in [0, 0.1) is 0 Å². The molecule has 17 heavy (non-hydrogen) atoms. The van der Waals surface area contributed by atoms with E-state index in [0.717, 1.165) is 29.2 Å². The number of benzene rings is 1. The molecule has 0 saturated heterocycles. The number of aryl methyl sites for hydroxylation is 2. The maximum absolute atomic E-state index is 5.67. The van der Waals surface area contributed by atoms with E-state index in [2.05, 4.69) is 18.1 Å². The summed E-state index contributed by atoms with van der Waals surface area (Å²) in [6.45, 7) is 2.61. The summed E-state index contributed by atoms with van der Waals surface area (Å²) in [5, 5.41) is 4.37. The molecule has 0 aliphatic heterocycles. The fraction of sp³-hybridized carbons (Fsp3) is 0.308.